The van der Waals surface area contributed by atoms with Gasteiger partial charge in [0.1, 0.15) is 5.75 Å². The second kappa shape index (κ2) is 12.3. The summed E-state index contributed by atoms with van der Waals surface area (Å²) in [6.07, 6.45) is 4.02. The maximum absolute atomic E-state index is 13.2. The number of aromatic amines is 1. The zero-order valence-corrected chi connectivity index (χ0v) is 22.2. The average molecular weight is 517 g/mol. The lowest BCUT2D eigenvalue weighted by Crippen LogP contribution is -2.33. The van der Waals surface area contributed by atoms with Crippen molar-refractivity contribution >= 4 is 10.9 Å². The molecule has 2 aromatic carbocycles. The van der Waals surface area contributed by atoms with E-state index in [0.717, 1.165) is 54.8 Å². The first-order valence-corrected chi connectivity index (χ1v) is 13.6. The van der Waals surface area contributed by atoms with E-state index in [1.54, 1.807) is 0 Å². The van der Waals surface area contributed by atoms with Gasteiger partial charge in [-0.1, -0.05) is 43.7 Å². The number of tetrazole rings is 1. The fourth-order valence-corrected chi connectivity index (χ4v) is 5.23. The van der Waals surface area contributed by atoms with Gasteiger partial charge in [0.15, 0.2) is 5.82 Å². The molecule has 9 nitrogen and oxygen atoms in total. The first-order valence-electron chi connectivity index (χ1n) is 13.6. The smallest absolute Gasteiger partial charge is 0.252 e. The van der Waals surface area contributed by atoms with Crippen LogP contribution in [-0.4, -0.2) is 49.4 Å². The van der Waals surface area contributed by atoms with Crippen LogP contribution in [0.15, 0.2) is 59.4 Å². The van der Waals surface area contributed by atoms with Gasteiger partial charge in [-0.3, -0.25) is 9.69 Å². The Hall–Kier alpha value is -3.56. The second-order valence-electron chi connectivity index (χ2n) is 9.86. The average Bonchev–Trinajstić information content (AvgIpc) is 3.61. The fraction of sp³-hybridized carbons (Fsp3) is 0.448. The number of ether oxygens (including phenoxy) is 2. The van der Waals surface area contributed by atoms with Crippen molar-refractivity contribution in [2.45, 2.75) is 71.3 Å². The Kier molecular flexibility index (Phi) is 8.45. The predicted octanol–water partition coefficient (Wildman–Crippen LogP) is 4.64. The second-order valence-corrected chi connectivity index (χ2v) is 9.86. The van der Waals surface area contributed by atoms with E-state index in [4.69, 9.17) is 9.47 Å². The molecular formula is C29H36N6O3. The quantitative estimate of drug-likeness (QED) is 0.293. The third-order valence-corrected chi connectivity index (χ3v) is 7.07. The van der Waals surface area contributed by atoms with E-state index in [9.17, 15) is 4.79 Å². The van der Waals surface area contributed by atoms with Gasteiger partial charge in [-0.25, -0.2) is 4.68 Å². The molecule has 1 aliphatic heterocycles. The van der Waals surface area contributed by atoms with E-state index >= 15 is 0 Å². The number of benzene rings is 2. The van der Waals surface area contributed by atoms with Crippen LogP contribution < -0.4 is 10.3 Å². The summed E-state index contributed by atoms with van der Waals surface area (Å²) in [4.78, 5) is 18.6. The van der Waals surface area contributed by atoms with Crippen LogP contribution in [0, 0.1) is 0 Å². The monoisotopic (exact) mass is 516 g/mol. The number of hydrogen-bond donors (Lipinski definition) is 1. The fourth-order valence-electron chi connectivity index (χ4n) is 5.23. The number of hydrogen-bond acceptors (Lipinski definition) is 7. The van der Waals surface area contributed by atoms with Gasteiger partial charge in [0.25, 0.3) is 5.56 Å². The molecule has 5 rings (SSSR count). The van der Waals surface area contributed by atoms with Gasteiger partial charge in [0, 0.05) is 36.2 Å². The minimum Gasteiger partial charge on any atom is -0.494 e. The molecule has 0 aliphatic carbocycles. The summed E-state index contributed by atoms with van der Waals surface area (Å²) in [6.45, 7) is 7.26. The lowest BCUT2D eigenvalue weighted by Gasteiger charge is -2.31. The SMILES string of the molecule is CCCC(c1nnnn1CC1CCCO1)N(Cc1ccccc1)Cc1cc2cc(OCC)ccc2[nH]c1=O. The van der Waals surface area contributed by atoms with Gasteiger partial charge in [-0.05, 0) is 66.4 Å². The molecular weight excluding hydrogens is 480 g/mol. The van der Waals surface area contributed by atoms with E-state index < -0.39 is 0 Å². The van der Waals surface area contributed by atoms with Gasteiger partial charge >= 0.3 is 0 Å². The topological polar surface area (TPSA) is 98.2 Å². The third-order valence-electron chi connectivity index (χ3n) is 7.07. The summed E-state index contributed by atoms with van der Waals surface area (Å²) in [5.41, 5.74) is 2.57. The van der Waals surface area contributed by atoms with E-state index in [0.29, 0.717) is 31.8 Å². The van der Waals surface area contributed by atoms with Crippen molar-refractivity contribution in [1.29, 1.82) is 0 Å². The summed E-state index contributed by atoms with van der Waals surface area (Å²) >= 11 is 0. The van der Waals surface area contributed by atoms with E-state index in [-0.39, 0.29) is 17.7 Å². The Morgan fingerprint density at radius 3 is 2.79 bits per heavy atom. The van der Waals surface area contributed by atoms with Crippen molar-refractivity contribution < 1.29 is 9.47 Å². The molecule has 200 valence electrons. The Morgan fingerprint density at radius 1 is 1.16 bits per heavy atom. The summed E-state index contributed by atoms with van der Waals surface area (Å²) in [6, 6.07) is 18.0. The first kappa shape index (κ1) is 26.1. The highest BCUT2D eigenvalue weighted by Crippen LogP contribution is 2.29. The Balaban J connectivity index is 1.51. The molecule has 0 saturated carbocycles. The van der Waals surface area contributed by atoms with Crippen LogP contribution in [-0.2, 0) is 24.4 Å². The van der Waals surface area contributed by atoms with Crippen molar-refractivity contribution in [2.75, 3.05) is 13.2 Å². The summed E-state index contributed by atoms with van der Waals surface area (Å²) < 4.78 is 13.5. The van der Waals surface area contributed by atoms with Crippen LogP contribution in [0.3, 0.4) is 0 Å². The highest BCUT2D eigenvalue weighted by atomic mass is 16.5. The minimum absolute atomic E-state index is 0.0681. The number of pyridine rings is 1. The van der Waals surface area contributed by atoms with Gasteiger partial charge in [0.2, 0.25) is 0 Å². The summed E-state index contributed by atoms with van der Waals surface area (Å²) in [5, 5.41) is 13.8. The highest BCUT2D eigenvalue weighted by Gasteiger charge is 2.28. The van der Waals surface area contributed by atoms with Gasteiger partial charge in [0.05, 0.1) is 25.3 Å². The lowest BCUT2D eigenvalue weighted by molar-refractivity contribution is 0.0885. The number of fused-ring (bicyclic) bond motifs is 1. The van der Waals surface area contributed by atoms with Crippen LogP contribution >= 0.6 is 0 Å². The Bertz CT molecular complexity index is 1380. The van der Waals surface area contributed by atoms with Crippen molar-refractivity contribution in [1.82, 2.24) is 30.1 Å². The molecule has 38 heavy (non-hydrogen) atoms. The molecule has 0 spiro atoms. The molecule has 4 aromatic rings. The third kappa shape index (κ3) is 6.11. The molecule has 1 aliphatic rings. The molecule has 2 aromatic heterocycles. The molecule has 2 atom stereocenters. The van der Waals surface area contributed by atoms with Crippen molar-refractivity contribution in [2.24, 2.45) is 0 Å². The van der Waals surface area contributed by atoms with Crippen LogP contribution in [0.25, 0.3) is 10.9 Å². The predicted molar refractivity (Wildman–Crippen MR) is 146 cm³/mol. The summed E-state index contributed by atoms with van der Waals surface area (Å²) in [7, 11) is 0. The highest BCUT2D eigenvalue weighted by molar-refractivity contribution is 5.80. The number of nitrogens with one attached hydrogen (secondary N) is 1. The summed E-state index contributed by atoms with van der Waals surface area (Å²) in [5.74, 6) is 1.60. The zero-order valence-electron chi connectivity index (χ0n) is 22.2. The van der Waals surface area contributed by atoms with Crippen LogP contribution in [0.5, 0.6) is 5.75 Å². The van der Waals surface area contributed by atoms with Gasteiger partial charge in [-0.15, -0.1) is 5.10 Å². The van der Waals surface area contributed by atoms with E-state index in [2.05, 4.69) is 44.5 Å². The maximum atomic E-state index is 13.2. The van der Waals surface area contributed by atoms with Crippen LogP contribution in [0.2, 0.25) is 0 Å². The molecule has 0 radical (unpaired) electrons. The van der Waals surface area contributed by atoms with Crippen molar-refractivity contribution in [3.8, 4) is 5.75 Å². The normalized spacial score (nSPS) is 16.3. The number of rotatable bonds is 12. The van der Waals surface area contributed by atoms with Crippen molar-refractivity contribution in [3.05, 3.63) is 81.9 Å². The maximum Gasteiger partial charge on any atom is 0.252 e. The number of nitrogens with zero attached hydrogens (tertiary/aromatic N) is 5. The molecule has 2 unspecified atom stereocenters. The van der Waals surface area contributed by atoms with E-state index in [1.165, 1.54) is 5.56 Å². The van der Waals surface area contributed by atoms with Crippen molar-refractivity contribution in [3.63, 3.8) is 0 Å². The molecule has 1 fully saturated rings. The standard InChI is InChI=1S/C29H36N6O3/c1-3-9-27(28-31-32-33-35(28)20-25-12-8-15-38-25)34(18-21-10-6-5-7-11-21)19-23-16-22-17-24(37-4-2)13-14-26(22)30-29(23)36/h5-7,10-11,13-14,16-17,25,27H,3-4,8-9,12,15,18-20H2,1-2H3,(H,30,36). The molecule has 9 heteroatoms. The Morgan fingerprint density at radius 2 is 2.03 bits per heavy atom. The number of aromatic nitrogens is 5. The first-order chi connectivity index (χ1) is 18.6. The van der Waals surface area contributed by atoms with Gasteiger partial charge < -0.3 is 14.5 Å². The van der Waals surface area contributed by atoms with E-state index in [1.807, 2.05) is 54.1 Å². The Labute approximate surface area is 222 Å². The molecule has 0 bridgehead atoms. The number of H-pyrrole nitrogens is 1. The molecule has 3 heterocycles. The van der Waals surface area contributed by atoms with Crippen LogP contribution in [0.1, 0.15) is 62.5 Å². The van der Waals surface area contributed by atoms with Crippen LogP contribution in [0.4, 0.5) is 0 Å². The molecule has 1 saturated heterocycles. The molecule has 1 N–H and O–H groups in total. The minimum atomic E-state index is -0.0890. The zero-order chi connectivity index (χ0) is 26.3. The molecule has 0 amide bonds. The van der Waals surface area contributed by atoms with Gasteiger partial charge in [-0.2, -0.15) is 0 Å². The largest absolute Gasteiger partial charge is 0.494 e. The lowest BCUT2D eigenvalue weighted by atomic mass is 10.1.